The third kappa shape index (κ3) is 9.27. The van der Waals surface area contributed by atoms with Crippen molar-refractivity contribution in [2.45, 2.75) is 52.1 Å². The molecule has 11 heteroatoms. The molecule has 0 radical (unpaired) electrons. The number of aliphatic hydroxyl groups is 1. The molecule has 0 saturated heterocycles. The molecular weight excluding hydrogens is 396 g/mol. The van der Waals surface area contributed by atoms with Crippen LogP contribution in [-0.2, 0) is 9.53 Å². The van der Waals surface area contributed by atoms with Gasteiger partial charge in [-0.15, -0.1) is 26.3 Å². The third-order valence-corrected chi connectivity index (χ3v) is 3.62. The number of carbonyl (C=O) groups is 1. The molecule has 160 valence electrons. The third-order valence-electron chi connectivity index (χ3n) is 3.62. The molecule has 0 heterocycles. The maximum Gasteiger partial charge on any atom is 0.573 e. The Morgan fingerprint density at radius 1 is 1.11 bits per heavy atom. The van der Waals surface area contributed by atoms with Crippen LogP contribution in [0.2, 0.25) is 0 Å². The summed E-state index contributed by atoms with van der Waals surface area (Å²) in [6.45, 7) is 3.91. The first-order valence-corrected chi connectivity index (χ1v) is 8.10. The maximum absolute atomic E-state index is 12.4. The summed E-state index contributed by atoms with van der Waals surface area (Å²) in [5.74, 6) is -1.45. The molecule has 0 aliphatic rings. The monoisotopic (exact) mass is 417 g/mol. The molecule has 0 fully saturated rings. The Labute approximate surface area is 157 Å². The van der Waals surface area contributed by atoms with Crippen LogP contribution in [-0.4, -0.2) is 36.4 Å². The Balaban J connectivity index is 2.99. The van der Waals surface area contributed by atoms with Gasteiger partial charge in [-0.3, -0.25) is 9.53 Å². The zero-order valence-corrected chi connectivity index (χ0v) is 15.3. The lowest BCUT2D eigenvalue weighted by Crippen LogP contribution is -2.38. The number of ether oxygens (including phenoxy) is 2. The predicted molar refractivity (Wildman–Crippen MR) is 86.1 cm³/mol. The fourth-order valence-corrected chi connectivity index (χ4v) is 2.06. The van der Waals surface area contributed by atoms with Gasteiger partial charge in [-0.25, -0.2) is 0 Å². The van der Waals surface area contributed by atoms with Crippen LogP contribution < -0.4 is 10.1 Å². The molecule has 2 atom stereocenters. The van der Waals surface area contributed by atoms with Gasteiger partial charge in [0.25, 0.3) is 0 Å². The fraction of sp³-hybridized carbons (Fsp3) is 0.588. The number of nitrogens with one attached hydrogen (secondary N) is 1. The van der Waals surface area contributed by atoms with E-state index >= 15 is 0 Å². The molecule has 1 amide bonds. The van der Waals surface area contributed by atoms with Crippen molar-refractivity contribution in [2.75, 3.05) is 6.61 Å². The second-order valence-electron chi connectivity index (χ2n) is 7.08. The van der Waals surface area contributed by atoms with Gasteiger partial charge in [0.1, 0.15) is 5.75 Å². The topological polar surface area (TPSA) is 67.8 Å². The van der Waals surface area contributed by atoms with Crippen LogP contribution in [0.25, 0.3) is 0 Å². The van der Waals surface area contributed by atoms with Crippen molar-refractivity contribution < 1.29 is 45.7 Å². The minimum absolute atomic E-state index is 0.0930. The summed E-state index contributed by atoms with van der Waals surface area (Å²) in [7, 11) is 0. The van der Waals surface area contributed by atoms with E-state index in [2.05, 4.69) is 14.8 Å². The van der Waals surface area contributed by atoms with Crippen LogP contribution in [0.3, 0.4) is 0 Å². The Morgan fingerprint density at radius 3 is 2.21 bits per heavy atom. The second kappa shape index (κ2) is 8.99. The quantitative estimate of drug-likeness (QED) is 0.657. The van der Waals surface area contributed by atoms with E-state index in [1.807, 2.05) is 0 Å². The molecule has 0 aliphatic heterocycles. The van der Waals surface area contributed by atoms with E-state index in [1.54, 1.807) is 20.8 Å². The number of amides is 1. The lowest BCUT2D eigenvalue weighted by Gasteiger charge is -2.27. The Kier molecular flexibility index (Phi) is 7.72. The molecule has 0 aromatic heterocycles. The summed E-state index contributed by atoms with van der Waals surface area (Å²) in [5, 5.41) is 12.2. The van der Waals surface area contributed by atoms with Crippen molar-refractivity contribution >= 4 is 5.91 Å². The summed E-state index contributed by atoms with van der Waals surface area (Å²) >= 11 is 0. The van der Waals surface area contributed by atoms with Gasteiger partial charge < -0.3 is 15.2 Å². The van der Waals surface area contributed by atoms with Gasteiger partial charge in [-0.2, -0.15) is 0 Å². The van der Waals surface area contributed by atoms with Gasteiger partial charge >= 0.3 is 12.7 Å². The molecule has 28 heavy (non-hydrogen) atoms. The molecular formula is C17H21F6NO4. The van der Waals surface area contributed by atoms with Crippen LogP contribution in [0.5, 0.6) is 5.75 Å². The van der Waals surface area contributed by atoms with E-state index in [-0.39, 0.29) is 5.56 Å². The number of halogens is 6. The predicted octanol–water partition coefficient (Wildman–Crippen LogP) is 4.08. The minimum atomic E-state index is -5.01. The number of carbonyl (C=O) groups excluding carboxylic acids is 1. The standard InChI is InChI=1S/C17H21F6NO4/c1-15(2,3)13(25)8-14(26)24-12(9-27-16(18,19)20)10-5-4-6-11(7-10)28-17(21,22)23/h4-7,12-13,25H,8-9H2,1-3H3,(H,24,26)/t12-,13-/m0/s1. The summed E-state index contributed by atoms with van der Waals surface area (Å²) in [6, 6.07) is 2.74. The zero-order chi connectivity index (χ0) is 21.8. The zero-order valence-electron chi connectivity index (χ0n) is 15.3. The second-order valence-corrected chi connectivity index (χ2v) is 7.08. The SMILES string of the molecule is CC(C)(C)[C@@H](O)CC(=O)N[C@@H](COC(F)(F)F)c1cccc(OC(F)(F)F)c1. The van der Waals surface area contributed by atoms with E-state index in [0.717, 1.165) is 18.2 Å². The van der Waals surface area contributed by atoms with Gasteiger partial charge in [0.2, 0.25) is 5.91 Å². The number of aliphatic hydroxyl groups excluding tert-OH is 1. The number of rotatable bonds is 7. The van der Waals surface area contributed by atoms with Crippen molar-refractivity contribution in [3.05, 3.63) is 29.8 Å². The Bertz CT molecular complexity index is 654. The van der Waals surface area contributed by atoms with Gasteiger partial charge in [0, 0.05) is 0 Å². The van der Waals surface area contributed by atoms with Crippen molar-refractivity contribution in [2.24, 2.45) is 5.41 Å². The Morgan fingerprint density at radius 2 is 1.71 bits per heavy atom. The molecule has 0 spiro atoms. The van der Waals surface area contributed by atoms with E-state index < -0.39 is 55.0 Å². The molecule has 1 rings (SSSR count). The van der Waals surface area contributed by atoms with Gasteiger partial charge in [0.15, 0.2) is 0 Å². The van der Waals surface area contributed by atoms with E-state index in [0.29, 0.717) is 0 Å². The van der Waals surface area contributed by atoms with E-state index in [9.17, 15) is 36.2 Å². The molecule has 1 aromatic rings. The van der Waals surface area contributed by atoms with E-state index in [4.69, 9.17) is 0 Å². The van der Waals surface area contributed by atoms with Gasteiger partial charge in [0.05, 0.1) is 25.2 Å². The first-order chi connectivity index (χ1) is 12.6. The normalized spacial score (nSPS) is 15.1. The van der Waals surface area contributed by atoms with Gasteiger partial charge in [-0.05, 0) is 23.1 Å². The summed E-state index contributed by atoms with van der Waals surface area (Å²) < 4.78 is 81.7. The Hall–Kier alpha value is -2.01. The highest BCUT2D eigenvalue weighted by Gasteiger charge is 2.33. The summed E-state index contributed by atoms with van der Waals surface area (Å²) in [6.07, 6.45) is -11.5. The van der Waals surface area contributed by atoms with Crippen LogP contribution >= 0.6 is 0 Å². The molecule has 0 bridgehead atoms. The van der Waals surface area contributed by atoms with Crippen LogP contribution in [0, 0.1) is 5.41 Å². The molecule has 0 saturated carbocycles. The van der Waals surface area contributed by atoms with Crippen LogP contribution in [0.15, 0.2) is 24.3 Å². The maximum atomic E-state index is 12.4. The smallest absolute Gasteiger partial charge is 0.406 e. The average molecular weight is 417 g/mol. The molecule has 2 N–H and O–H groups in total. The number of hydrogen-bond acceptors (Lipinski definition) is 4. The summed E-state index contributed by atoms with van der Waals surface area (Å²) in [4.78, 5) is 12.1. The first kappa shape index (κ1) is 24.0. The van der Waals surface area contributed by atoms with Crippen molar-refractivity contribution in [3.63, 3.8) is 0 Å². The summed E-state index contributed by atoms with van der Waals surface area (Å²) in [5.41, 5.74) is -0.750. The average Bonchev–Trinajstić information content (AvgIpc) is 2.48. The number of hydrogen-bond donors (Lipinski definition) is 2. The van der Waals surface area contributed by atoms with Crippen LogP contribution in [0.1, 0.15) is 38.8 Å². The van der Waals surface area contributed by atoms with Crippen LogP contribution in [0.4, 0.5) is 26.3 Å². The van der Waals surface area contributed by atoms with Gasteiger partial charge in [-0.1, -0.05) is 32.9 Å². The lowest BCUT2D eigenvalue weighted by molar-refractivity contribution is -0.326. The van der Waals surface area contributed by atoms with Crippen molar-refractivity contribution in [1.29, 1.82) is 0 Å². The molecule has 1 aromatic carbocycles. The molecule has 0 aliphatic carbocycles. The van der Waals surface area contributed by atoms with E-state index in [1.165, 1.54) is 6.07 Å². The number of benzene rings is 1. The lowest BCUT2D eigenvalue weighted by atomic mass is 9.87. The molecule has 0 unspecified atom stereocenters. The first-order valence-electron chi connectivity index (χ1n) is 8.10. The highest BCUT2D eigenvalue weighted by molar-refractivity contribution is 5.77. The van der Waals surface area contributed by atoms with Crippen molar-refractivity contribution in [1.82, 2.24) is 5.32 Å². The minimum Gasteiger partial charge on any atom is -0.406 e. The fourth-order valence-electron chi connectivity index (χ4n) is 2.06. The van der Waals surface area contributed by atoms with Crippen molar-refractivity contribution in [3.8, 4) is 5.75 Å². The number of alkyl halides is 6. The molecule has 5 nitrogen and oxygen atoms in total. The highest BCUT2D eigenvalue weighted by Crippen LogP contribution is 2.28. The highest BCUT2D eigenvalue weighted by atomic mass is 19.4. The largest absolute Gasteiger partial charge is 0.573 e.